The molecule has 0 spiro atoms. The maximum absolute atomic E-state index is 12.1. The number of nitrogens with one attached hydrogen (secondary N) is 3. The van der Waals surface area contributed by atoms with Crippen molar-refractivity contribution < 1.29 is 4.79 Å². The molecule has 1 amide bonds. The predicted octanol–water partition coefficient (Wildman–Crippen LogP) is 3.95. The summed E-state index contributed by atoms with van der Waals surface area (Å²) in [5, 5.41) is 9.68. The lowest BCUT2D eigenvalue weighted by atomic mass is 9.85. The third-order valence-corrected chi connectivity index (χ3v) is 4.90. The predicted molar refractivity (Wildman–Crippen MR) is 126 cm³/mol. The number of guanidine groups is 1. The Labute approximate surface area is 184 Å². The molecule has 0 radical (unpaired) electrons. The van der Waals surface area contributed by atoms with Gasteiger partial charge in [0.2, 0.25) is 5.91 Å². The van der Waals surface area contributed by atoms with Crippen molar-refractivity contribution in [2.24, 2.45) is 10.9 Å². The summed E-state index contributed by atoms with van der Waals surface area (Å²) in [6.07, 6.45) is 4.14. The van der Waals surface area contributed by atoms with E-state index in [0.29, 0.717) is 6.54 Å². The number of rotatable bonds is 7. The highest BCUT2D eigenvalue weighted by Gasteiger charge is 2.25. The lowest BCUT2D eigenvalue weighted by molar-refractivity contribution is -0.122. The van der Waals surface area contributed by atoms with Gasteiger partial charge in [0.25, 0.3) is 0 Å². The van der Waals surface area contributed by atoms with Crippen LogP contribution in [0.15, 0.2) is 59.6 Å². The van der Waals surface area contributed by atoms with Crippen LogP contribution in [0.1, 0.15) is 30.4 Å². The van der Waals surface area contributed by atoms with E-state index in [9.17, 15) is 4.79 Å². The van der Waals surface area contributed by atoms with Gasteiger partial charge in [-0.3, -0.25) is 9.79 Å². The smallest absolute Gasteiger partial charge is 0.227 e. The minimum absolute atomic E-state index is 0. The number of anilines is 1. The van der Waals surface area contributed by atoms with Crippen LogP contribution in [0.5, 0.6) is 0 Å². The highest BCUT2D eigenvalue weighted by molar-refractivity contribution is 14.0. The van der Waals surface area contributed by atoms with E-state index in [1.165, 1.54) is 12.0 Å². The van der Waals surface area contributed by atoms with Crippen molar-refractivity contribution in [2.45, 2.75) is 32.2 Å². The zero-order valence-electron chi connectivity index (χ0n) is 16.3. The minimum atomic E-state index is 0. The van der Waals surface area contributed by atoms with Gasteiger partial charge in [-0.05, 0) is 42.5 Å². The maximum atomic E-state index is 12.1. The molecule has 2 aromatic carbocycles. The summed E-state index contributed by atoms with van der Waals surface area (Å²) in [5.41, 5.74) is 3.26. The van der Waals surface area contributed by atoms with Gasteiger partial charge in [0.05, 0.1) is 0 Å². The SMILES string of the molecule is CN=C(NCCc1ccccc1)NCc1cccc(NC(=O)C2CCC2)c1.I. The van der Waals surface area contributed by atoms with Crippen LogP contribution in [0.25, 0.3) is 0 Å². The Morgan fingerprint density at radius 3 is 2.46 bits per heavy atom. The lowest BCUT2D eigenvalue weighted by Gasteiger charge is -2.24. The molecular formula is C22H29IN4O. The molecule has 1 aliphatic rings. The zero-order valence-corrected chi connectivity index (χ0v) is 18.6. The van der Waals surface area contributed by atoms with Gasteiger partial charge in [0.1, 0.15) is 0 Å². The van der Waals surface area contributed by atoms with Crippen LogP contribution in [0.4, 0.5) is 5.69 Å². The van der Waals surface area contributed by atoms with E-state index in [-0.39, 0.29) is 35.8 Å². The fourth-order valence-corrected chi connectivity index (χ4v) is 3.05. The molecule has 0 heterocycles. The standard InChI is InChI=1S/C22H28N4O.HI/c1-23-22(24-14-13-17-7-3-2-4-8-17)25-16-18-9-5-12-20(15-18)26-21(27)19-10-6-11-19;/h2-5,7-9,12,15,19H,6,10-11,13-14,16H2,1H3,(H,26,27)(H2,23,24,25);1H. The zero-order chi connectivity index (χ0) is 18.9. The number of amides is 1. The van der Waals surface area contributed by atoms with Crippen molar-refractivity contribution >= 4 is 41.5 Å². The second-order valence-electron chi connectivity index (χ2n) is 6.91. The molecule has 0 aliphatic heterocycles. The molecule has 150 valence electrons. The molecule has 3 N–H and O–H groups in total. The molecule has 5 nitrogen and oxygen atoms in total. The number of aliphatic imine (C=N–C) groups is 1. The van der Waals surface area contributed by atoms with Gasteiger partial charge in [-0.2, -0.15) is 0 Å². The number of hydrogen-bond acceptors (Lipinski definition) is 2. The molecule has 0 saturated heterocycles. The van der Waals surface area contributed by atoms with Crippen molar-refractivity contribution in [1.29, 1.82) is 0 Å². The number of nitrogens with zero attached hydrogens (tertiary/aromatic N) is 1. The van der Waals surface area contributed by atoms with Gasteiger partial charge in [-0.15, -0.1) is 24.0 Å². The van der Waals surface area contributed by atoms with E-state index < -0.39 is 0 Å². The molecule has 0 aromatic heterocycles. The molecule has 0 bridgehead atoms. The van der Waals surface area contributed by atoms with Crippen molar-refractivity contribution in [3.63, 3.8) is 0 Å². The van der Waals surface area contributed by atoms with E-state index in [2.05, 4.69) is 45.2 Å². The third-order valence-electron chi connectivity index (χ3n) is 4.90. The summed E-state index contributed by atoms with van der Waals surface area (Å²) in [7, 11) is 1.77. The molecule has 0 atom stereocenters. The summed E-state index contributed by atoms with van der Waals surface area (Å²) in [6.45, 7) is 1.47. The van der Waals surface area contributed by atoms with E-state index in [1.807, 2.05) is 30.3 Å². The van der Waals surface area contributed by atoms with Crippen LogP contribution in [0, 0.1) is 5.92 Å². The lowest BCUT2D eigenvalue weighted by Crippen LogP contribution is -2.37. The highest BCUT2D eigenvalue weighted by atomic mass is 127. The van der Waals surface area contributed by atoms with Gasteiger partial charge >= 0.3 is 0 Å². The number of hydrogen-bond donors (Lipinski definition) is 3. The first-order chi connectivity index (χ1) is 13.2. The average Bonchev–Trinajstić information content (AvgIpc) is 2.64. The van der Waals surface area contributed by atoms with Crippen LogP contribution in [-0.2, 0) is 17.8 Å². The van der Waals surface area contributed by atoms with Crippen molar-refractivity contribution in [3.05, 3.63) is 65.7 Å². The Morgan fingerprint density at radius 1 is 1.04 bits per heavy atom. The van der Waals surface area contributed by atoms with Gasteiger partial charge in [0, 0.05) is 31.7 Å². The van der Waals surface area contributed by atoms with Crippen molar-refractivity contribution in [2.75, 3.05) is 18.9 Å². The summed E-state index contributed by atoms with van der Waals surface area (Å²) >= 11 is 0. The average molecular weight is 492 g/mol. The van der Waals surface area contributed by atoms with Crippen molar-refractivity contribution in [3.8, 4) is 0 Å². The van der Waals surface area contributed by atoms with E-state index in [4.69, 9.17) is 0 Å². The fraction of sp³-hybridized carbons (Fsp3) is 0.364. The first-order valence-corrected chi connectivity index (χ1v) is 9.63. The van der Waals surface area contributed by atoms with Gasteiger partial charge in [0.15, 0.2) is 5.96 Å². The Balaban J connectivity index is 0.00000280. The molecule has 1 aliphatic carbocycles. The molecule has 6 heteroatoms. The second-order valence-corrected chi connectivity index (χ2v) is 6.91. The monoisotopic (exact) mass is 492 g/mol. The molecule has 1 saturated carbocycles. The van der Waals surface area contributed by atoms with Crippen LogP contribution in [0.2, 0.25) is 0 Å². The quantitative estimate of drug-likeness (QED) is 0.312. The largest absolute Gasteiger partial charge is 0.356 e. The first-order valence-electron chi connectivity index (χ1n) is 9.63. The molecular weight excluding hydrogens is 463 g/mol. The molecule has 2 aromatic rings. The summed E-state index contributed by atoms with van der Waals surface area (Å²) < 4.78 is 0. The summed E-state index contributed by atoms with van der Waals surface area (Å²) in [6, 6.07) is 18.4. The molecule has 0 unspecified atom stereocenters. The molecule has 28 heavy (non-hydrogen) atoms. The fourth-order valence-electron chi connectivity index (χ4n) is 3.05. The van der Waals surface area contributed by atoms with Crippen LogP contribution < -0.4 is 16.0 Å². The Kier molecular flexibility index (Phi) is 9.27. The van der Waals surface area contributed by atoms with E-state index >= 15 is 0 Å². The summed E-state index contributed by atoms with van der Waals surface area (Å²) in [5.74, 6) is 1.11. The Hall–Kier alpha value is -2.09. The van der Waals surface area contributed by atoms with Crippen LogP contribution >= 0.6 is 24.0 Å². The van der Waals surface area contributed by atoms with Gasteiger partial charge in [-0.25, -0.2) is 0 Å². The maximum Gasteiger partial charge on any atom is 0.227 e. The molecule has 3 rings (SSSR count). The van der Waals surface area contributed by atoms with Crippen LogP contribution in [0.3, 0.4) is 0 Å². The third kappa shape index (κ3) is 6.82. The Morgan fingerprint density at radius 2 is 1.79 bits per heavy atom. The number of benzene rings is 2. The topological polar surface area (TPSA) is 65.5 Å². The van der Waals surface area contributed by atoms with Gasteiger partial charge in [-0.1, -0.05) is 48.9 Å². The summed E-state index contributed by atoms with van der Waals surface area (Å²) in [4.78, 5) is 16.4. The first kappa shape index (κ1) is 22.2. The number of carbonyl (C=O) groups excluding carboxylic acids is 1. The number of halogens is 1. The van der Waals surface area contributed by atoms with Gasteiger partial charge < -0.3 is 16.0 Å². The minimum Gasteiger partial charge on any atom is -0.356 e. The highest BCUT2D eigenvalue weighted by Crippen LogP contribution is 2.27. The molecule has 1 fully saturated rings. The number of carbonyl (C=O) groups is 1. The van der Waals surface area contributed by atoms with E-state index in [0.717, 1.165) is 43.0 Å². The Bertz CT molecular complexity index is 775. The normalized spacial score (nSPS) is 13.8. The van der Waals surface area contributed by atoms with Crippen molar-refractivity contribution in [1.82, 2.24) is 10.6 Å². The van der Waals surface area contributed by atoms with Crippen LogP contribution in [-0.4, -0.2) is 25.5 Å². The second kappa shape index (κ2) is 11.7. The van der Waals surface area contributed by atoms with E-state index in [1.54, 1.807) is 7.05 Å².